The molecule has 0 saturated heterocycles. The van der Waals surface area contributed by atoms with Crippen LogP contribution < -0.4 is 5.63 Å². The first-order valence-corrected chi connectivity index (χ1v) is 4.27. The summed E-state index contributed by atoms with van der Waals surface area (Å²) in [6.45, 7) is 1.68. The fourth-order valence-electron chi connectivity index (χ4n) is 1.01. The molecule has 0 fully saturated rings. The molecule has 0 saturated carbocycles. The van der Waals surface area contributed by atoms with E-state index in [9.17, 15) is 4.79 Å². The van der Waals surface area contributed by atoms with Crippen LogP contribution in [0.15, 0.2) is 44.1 Å². The number of aromatic amines is 1. The van der Waals surface area contributed by atoms with Crippen LogP contribution in [0.5, 0.6) is 0 Å². The molecule has 0 radical (unpaired) electrons. The quantitative estimate of drug-likeness (QED) is 0.760. The highest BCUT2D eigenvalue weighted by Crippen LogP contribution is 2.15. The Balaban J connectivity index is 2.30. The van der Waals surface area contributed by atoms with E-state index in [0.717, 1.165) is 0 Å². The van der Waals surface area contributed by atoms with E-state index in [0.29, 0.717) is 11.4 Å². The van der Waals surface area contributed by atoms with Crippen LogP contribution in [0.25, 0.3) is 0 Å². The van der Waals surface area contributed by atoms with Gasteiger partial charge in [-0.2, -0.15) is 0 Å². The molecule has 0 aliphatic rings. The third kappa shape index (κ3) is 1.98. The van der Waals surface area contributed by atoms with Crippen LogP contribution in [-0.4, -0.2) is 10.1 Å². The maximum Gasteiger partial charge on any atom is 0.384 e. The van der Waals surface area contributed by atoms with E-state index >= 15 is 0 Å². The Hall–Kier alpha value is -2.24. The Morgan fingerprint density at radius 2 is 2.33 bits per heavy atom. The number of rotatable bonds is 2. The first-order valence-electron chi connectivity index (χ1n) is 4.27. The topological polar surface area (TPSA) is 83.6 Å². The van der Waals surface area contributed by atoms with Crippen LogP contribution in [0.2, 0.25) is 0 Å². The van der Waals surface area contributed by atoms with E-state index in [1.807, 2.05) is 0 Å². The van der Waals surface area contributed by atoms with Crippen molar-refractivity contribution in [3.05, 3.63) is 40.6 Å². The molecule has 0 aliphatic carbocycles. The van der Waals surface area contributed by atoms with Crippen molar-refractivity contribution in [2.75, 3.05) is 0 Å². The van der Waals surface area contributed by atoms with Gasteiger partial charge in [0.1, 0.15) is 5.69 Å². The first-order chi connectivity index (χ1) is 7.27. The number of hydrogen-bond donors (Lipinski definition) is 1. The van der Waals surface area contributed by atoms with Gasteiger partial charge in [-0.05, 0) is 19.1 Å². The number of aryl methyl sites for hydroxylation is 1. The Morgan fingerprint density at radius 3 is 2.93 bits per heavy atom. The van der Waals surface area contributed by atoms with E-state index in [2.05, 4.69) is 24.9 Å². The molecule has 0 aliphatic heterocycles. The van der Waals surface area contributed by atoms with Crippen LogP contribution in [-0.2, 0) is 0 Å². The monoisotopic (exact) mass is 204 g/mol. The molecule has 6 nitrogen and oxygen atoms in total. The lowest BCUT2D eigenvalue weighted by Gasteiger charge is -1.88. The highest BCUT2D eigenvalue weighted by molar-refractivity contribution is 5.38. The smallest absolute Gasteiger partial charge is 0.336 e. The van der Waals surface area contributed by atoms with Gasteiger partial charge < -0.3 is 4.52 Å². The number of hydrogen-bond acceptors (Lipinski definition) is 5. The zero-order chi connectivity index (χ0) is 10.7. The van der Waals surface area contributed by atoms with Gasteiger partial charge in [0.15, 0.2) is 5.69 Å². The van der Waals surface area contributed by atoms with Crippen LogP contribution in [0, 0.1) is 6.92 Å². The van der Waals surface area contributed by atoms with Crippen LogP contribution in [0.4, 0.5) is 11.4 Å². The average molecular weight is 204 g/mol. The number of pyridine rings is 1. The summed E-state index contributed by atoms with van der Waals surface area (Å²) in [6, 6.07) is 3.47. The second-order valence-electron chi connectivity index (χ2n) is 2.88. The van der Waals surface area contributed by atoms with Crippen molar-refractivity contribution in [2.24, 2.45) is 10.2 Å². The number of nitrogens with one attached hydrogen (secondary N) is 1. The minimum atomic E-state index is -0.528. The molecule has 2 rings (SSSR count). The highest BCUT2D eigenvalue weighted by atomic mass is 16.5. The summed E-state index contributed by atoms with van der Waals surface area (Å²) in [7, 11) is 0. The Morgan fingerprint density at radius 1 is 1.47 bits per heavy atom. The summed E-state index contributed by atoms with van der Waals surface area (Å²) in [5.41, 5.74) is 0.782. The van der Waals surface area contributed by atoms with Crippen molar-refractivity contribution >= 4 is 11.4 Å². The van der Waals surface area contributed by atoms with E-state index in [1.165, 1.54) is 0 Å². The van der Waals surface area contributed by atoms with Crippen molar-refractivity contribution in [3.63, 3.8) is 0 Å². The number of nitrogens with zero attached hydrogens (tertiary/aromatic N) is 3. The van der Waals surface area contributed by atoms with Gasteiger partial charge in [-0.25, -0.2) is 9.95 Å². The van der Waals surface area contributed by atoms with Gasteiger partial charge >= 0.3 is 5.63 Å². The van der Waals surface area contributed by atoms with Gasteiger partial charge in [0.2, 0.25) is 0 Å². The SMILES string of the molecule is Cc1[nH]oc(=O)c1N=Nc1cccnc1. The summed E-state index contributed by atoms with van der Waals surface area (Å²) in [5, 5.41) is 10.1. The van der Waals surface area contributed by atoms with Gasteiger partial charge in [-0.3, -0.25) is 4.98 Å². The summed E-state index contributed by atoms with van der Waals surface area (Å²) < 4.78 is 4.53. The van der Waals surface area contributed by atoms with E-state index in [1.54, 1.807) is 31.5 Å². The summed E-state index contributed by atoms with van der Waals surface area (Å²) >= 11 is 0. The zero-order valence-electron chi connectivity index (χ0n) is 7.97. The van der Waals surface area contributed by atoms with E-state index in [-0.39, 0.29) is 5.69 Å². The third-order valence-corrected chi connectivity index (χ3v) is 1.76. The van der Waals surface area contributed by atoms with Gasteiger partial charge in [0.05, 0.1) is 11.9 Å². The third-order valence-electron chi connectivity index (χ3n) is 1.76. The van der Waals surface area contributed by atoms with Crippen LogP contribution in [0.3, 0.4) is 0 Å². The number of aromatic nitrogens is 2. The summed E-state index contributed by atoms with van der Waals surface area (Å²) in [6.07, 6.45) is 3.18. The fourth-order valence-corrected chi connectivity index (χ4v) is 1.01. The molecular formula is C9H8N4O2. The second-order valence-corrected chi connectivity index (χ2v) is 2.88. The molecule has 76 valence electrons. The molecule has 2 heterocycles. The van der Waals surface area contributed by atoms with Crippen molar-refractivity contribution in [1.29, 1.82) is 0 Å². The molecule has 0 aromatic carbocycles. The molecule has 0 spiro atoms. The van der Waals surface area contributed by atoms with Crippen molar-refractivity contribution in [3.8, 4) is 0 Å². The van der Waals surface area contributed by atoms with Crippen LogP contribution >= 0.6 is 0 Å². The molecule has 0 atom stereocenters. The van der Waals surface area contributed by atoms with Crippen molar-refractivity contribution in [1.82, 2.24) is 10.1 Å². The molecule has 2 aromatic heterocycles. The standard InChI is InChI=1S/C9H8N4O2/c1-6-8(9(14)15-13-6)12-11-7-3-2-4-10-5-7/h2-5,13H,1H3. The zero-order valence-corrected chi connectivity index (χ0v) is 7.97. The Labute approximate surface area is 84.6 Å². The largest absolute Gasteiger partial charge is 0.384 e. The van der Waals surface area contributed by atoms with E-state index < -0.39 is 5.63 Å². The maximum atomic E-state index is 11.1. The Kier molecular flexibility index (Phi) is 2.40. The van der Waals surface area contributed by atoms with Crippen molar-refractivity contribution in [2.45, 2.75) is 6.92 Å². The van der Waals surface area contributed by atoms with Gasteiger partial charge in [-0.1, -0.05) is 0 Å². The molecule has 0 bridgehead atoms. The Bertz CT molecular complexity index is 527. The maximum absolute atomic E-state index is 11.1. The number of azo groups is 1. The second kappa shape index (κ2) is 3.87. The highest BCUT2D eigenvalue weighted by Gasteiger charge is 2.06. The van der Waals surface area contributed by atoms with Gasteiger partial charge in [0.25, 0.3) is 0 Å². The molecule has 0 amide bonds. The molecular weight excluding hydrogens is 196 g/mol. The molecule has 1 N–H and O–H groups in total. The lowest BCUT2D eigenvalue weighted by Crippen LogP contribution is -1.89. The molecule has 6 heteroatoms. The predicted molar refractivity (Wildman–Crippen MR) is 52.5 cm³/mol. The molecule has 15 heavy (non-hydrogen) atoms. The molecule has 0 unspecified atom stereocenters. The van der Waals surface area contributed by atoms with Gasteiger partial charge in [0, 0.05) is 6.20 Å². The lowest BCUT2D eigenvalue weighted by atomic mass is 10.4. The lowest BCUT2D eigenvalue weighted by molar-refractivity contribution is 0.388. The van der Waals surface area contributed by atoms with Gasteiger partial charge in [-0.15, -0.1) is 10.2 Å². The van der Waals surface area contributed by atoms with Crippen molar-refractivity contribution < 1.29 is 4.52 Å². The minimum absolute atomic E-state index is 0.179. The van der Waals surface area contributed by atoms with Crippen LogP contribution in [0.1, 0.15) is 5.69 Å². The minimum Gasteiger partial charge on any atom is -0.336 e. The summed E-state index contributed by atoms with van der Waals surface area (Å²) in [4.78, 5) is 15.0. The summed E-state index contributed by atoms with van der Waals surface area (Å²) in [5.74, 6) is 0. The normalized spacial score (nSPS) is 11.0. The molecule has 2 aromatic rings. The first kappa shape index (κ1) is 9.32. The number of H-pyrrole nitrogens is 1. The average Bonchev–Trinajstić information content (AvgIpc) is 2.58. The van der Waals surface area contributed by atoms with E-state index in [4.69, 9.17) is 0 Å². The fraction of sp³-hybridized carbons (Fsp3) is 0.111. The predicted octanol–water partition coefficient (Wildman–Crippen LogP) is 2.09.